The fourth-order valence-corrected chi connectivity index (χ4v) is 4.33. The number of aromatic nitrogens is 1. The standard InChI is InChI=1S/C20H20BrNO2S/c1-13(2)25-15-10-8-14(9-11-15)12-24-20(23)19-18(21)16-6-4-5-7-17(16)22(19)3/h4-11,13H,12H2,1-3H3. The van der Waals surface area contributed by atoms with Gasteiger partial charge in [0.25, 0.3) is 0 Å². The molecule has 0 atom stereocenters. The summed E-state index contributed by atoms with van der Waals surface area (Å²) < 4.78 is 8.17. The van der Waals surface area contributed by atoms with Gasteiger partial charge in [0.2, 0.25) is 0 Å². The smallest absolute Gasteiger partial charge is 0.356 e. The minimum Gasteiger partial charge on any atom is -0.456 e. The Hall–Kier alpha value is -1.72. The lowest BCUT2D eigenvalue weighted by Gasteiger charge is -2.08. The number of nitrogens with zero attached hydrogens (tertiary/aromatic N) is 1. The van der Waals surface area contributed by atoms with Gasteiger partial charge in [-0.15, -0.1) is 11.8 Å². The summed E-state index contributed by atoms with van der Waals surface area (Å²) in [5.74, 6) is -0.328. The summed E-state index contributed by atoms with van der Waals surface area (Å²) in [5, 5.41) is 1.56. The summed E-state index contributed by atoms with van der Waals surface area (Å²) in [7, 11) is 1.88. The molecule has 0 N–H and O–H groups in total. The Bertz CT molecular complexity index is 861. The Morgan fingerprint density at radius 2 is 1.84 bits per heavy atom. The third kappa shape index (κ3) is 3.93. The Morgan fingerprint density at radius 3 is 2.48 bits per heavy atom. The van der Waals surface area contributed by atoms with Crippen LogP contribution in [0.4, 0.5) is 0 Å². The lowest BCUT2D eigenvalue weighted by atomic mass is 10.2. The van der Waals surface area contributed by atoms with Crippen LogP contribution in [0.5, 0.6) is 0 Å². The molecule has 5 heteroatoms. The van der Waals surface area contributed by atoms with Gasteiger partial charge in [0.1, 0.15) is 12.3 Å². The van der Waals surface area contributed by atoms with E-state index < -0.39 is 0 Å². The monoisotopic (exact) mass is 417 g/mol. The van der Waals surface area contributed by atoms with Gasteiger partial charge in [-0.25, -0.2) is 4.79 Å². The zero-order valence-corrected chi connectivity index (χ0v) is 16.9. The van der Waals surface area contributed by atoms with Crippen LogP contribution in [0.3, 0.4) is 0 Å². The molecule has 3 aromatic rings. The number of carbonyl (C=O) groups is 1. The molecule has 130 valence electrons. The number of hydrogen-bond donors (Lipinski definition) is 0. The number of esters is 1. The van der Waals surface area contributed by atoms with Crippen LogP contribution < -0.4 is 0 Å². The van der Waals surface area contributed by atoms with Crippen LogP contribution in [-0.2, 0) is 18.4 Å². The molecule has 0 aliphatic carbocycles. The van der Waals surface area contributed by atoms with E-state index in [4.69, 9.17) is 4.74 Å². The maximum Gasteiger partial charge on any atom is 0.356 e. The number of halogens is 1. The molecule has 1 heterocycles. The molecule has 3 rings (SSSR count). The third-order valence-corrected chi connectivity index (χ3v) is 5.72. The first-order valence-electron chi connectivity index (χ1n) is 8.13. The van der Waals surface area contributed by atoms with Gasteiger partial charge < -0.3 is 9.30 Å². The minimum absolute atomic E-state index is 0.263. The number of aryl methyl sites for hydroxylation is 1. The highest BCUT2D eigenvalue weighted by Crippen LogP contribution is 2.31. The first kappa shape index (κ1) is 18.1. The Morgan fingerprint density at radius 1 is 1.16 bits per heavy atom. The molecule has 0 amide bonds. The summed E-state index contributed by atoms with van der Waals surface area (Å²) in [5.41, 5.74) is 2.51. The molecule has 0 aliphatic heterocycles. The van der Waals surface area contributed by atoms with Crippen molar-refractivity contribution in [2.45, 2.75) is 30.6 Å². The van der Waals surface area contributed by atoms with Crippen molar-refractivity contribution in [2.75, 3.05) is 0 Å². The predicted octanol–water partition coefficient (Wildman–Crippen LogP) is 5.80. The van der Waals surface area contributed by atoms with Crippen molar-refractivity contribution in [3.8, 4) is 0 Å². The molecule has 3 nitrogen and oxygen atoms in total. The second-order valence-corrected chi connectivity index (χ2v) is 8.57. The maximum atomic E-state index is 12.6. The zero-order valence-electron chi connectivity index (χ0n) is 14.5. The van der Waals surface area contributed by atoms with Crippen molar-refractivity contribution in [3.63, 3.8) is 0 Å². The van der Waals surface area contributed by atoms with Gasteiger partial charge in [-0.3, -0.25) is 0 Å². The summed E-state index contributed by atoms with van der Waals surface area (Å²) in [6, 6.07) is 16.0. The maximum absolute atomic E-state index is 12.6. The number of hydrogen-bond acceptors (Lipinski definition) is 3. The number of carbonyl (C=O) groups excluding carboxylic acids is 1. The van der Waals surface area contributed by atoms with Crippen molar-refractivity contribution in [3.05, 3.63) is 64.3 Å². The van der Waals surface area contributed by atoms with Crippen LogP contribution in [-0.4, -0.2) is 15.8 Å². The minimum atomic E-state index is -0.328. The van der Waals surface area contributed by atoms with Gasteiger partial charge in [-0.1, -0.05) is 44.2 Å². The predicted molar refractivity (Wildman–Crippen MR) is 107 cm³/mol. The van der Waals surface area contributed by atoms with Crippen molar-refractivity contribution in [1.29, 1.82) is 0 Å². The molecule has 0 saturated carbocycles. The van der Waals surface area contributed by atoms with E-state index in [0.717, 1.165) is 20.9 Å². The average Bonchev–Trinajstić information content (AvgIpc) is 2.85. The molecule has 0 saturated heterocycles. The molecule has 1 aromatic heterocycles. The molecule has 0 radical (unpaired) electrons. The molecule has 0 unspecified atom stereocenters. The molecule has 0 fully saturated rings. The van der Waals surface area contributed by atoms with Gasteiger partial charge in [0.15, 0.2) is 0 Å². The van der Waals surface area contributed by atoms with Gasteiger partial charge in [0.05, 0.1) is 4.47 Å². The lowest BCUT2D eigenvalue weighted by Crippen LogP contribution is -2.10. The fraction of sp³-hybridized carbons (Fsp3) is 0.250. The van der Waals surface area contributed by atoms with E-state index in [9.17, 15) is 4.79 Å². The third-order valence-electron chi connectivity index (χ3n) is 3.90. The van der Waals surface area contributed by atoms with Crippen LogP contribution >= 0.6 is 27.7 Å². The highest BCUT2D eigenvalue weighted by Gasteiger charge is 2.20. The second kappa shape index (κ2) is 7.67. The number of para-hydroxylation sites is 1. The number of benzene rings is 2. The summed E-state index contributed by atoms with van der Waals surface area (Å²) in [6.45, 7) is 4.60. The highest BCUT2D eigenvalue weighted by atomic mass is 79.9. The molecular weight excluding hydrogens is 398 g/mol. The van der Waals surface area contributed by atoms with Crippen LogP contribution in [0, 0.1) is 0 Å². The largest absolute Gasteiger partial charge is 0.456 e. The number of ether oxygens (including phenoxy) is 1. The van der Waals surface area contributed by atoms with E-state index in [1.165, 1.54) is 4.90 Å². The van der Waals surface area contributed by atoms with Crippen LogP contribution in [0.25, 0.3) is 10.9 Å². The summed E-state index contributed by atoms with van der Waals surface area (Å²) in [4.78, 5) is 13.8. The Labute approximate surface area is 160 Å². The van der Waals surface area contributed by atoms with Crippen molar-refractivity contribution in [2.24, 2.45) is 7.05 Å². The van der Waals surface area contributed by atoms with Gasteiger partial charge in [-0.2, -0.15) is 0 Å². The van der Waals surface area contributed by atoms with Gasteiger partial charge >= 0.3 is 5.97 Å². The van der Waals surface area contributed by atoms with Gasteiger partial charge in [-0.05, 0) is 39.7 Å². The average molecular weight is 418 g/mol. The zero-order chi connectivity index (χ0) is 18.0. The molecular formula is C20H20BrNO2S. The Kier molecular flexibility index (Phi) is 5.54. The Balaban J connectivity index is 1.73. The second-order valence-electron chi connectivity index (χ2n) is 6.13. The molecule has 0 bridgehead atoms. The van der Waals surface area contributed by atoms with Gasteiger partial charge in [0, 0.05) is 28.1 Å². The van der Waals surface area contributed by atoms with E-state index in [2.05, 4.69) is 41.9 Å². The fourth-order valence-electron chi connectivity index (χ4n) is 2.73. The van der Waals surface area contributed by atoms with E-state index in [1.54, 1.807) is 0 Å². The quantitative estimate of drug-likeness (QED) is 0.388. The number of fused-ring (bicyclic) bond motifs is 1. The van der Waals surface area contributed by atoms with Crippen LogP contribution in [0.1, 0.15) is 29.9 Å². The van der Waals surface area contributed by atoms with E-state index in [0.29, 0.717) is 10.9 Å². The summed E-state index contributed by atoms with van der Waals surface area (Å²) in [6.07, 6.45) is 0. The number of thioether (sulfide) groups is 1. The molecule has 25 heavy (non-hydrogen) atoms. The highest BCUT2D eigenvalue weighted by molar-refractivity contribution is 9.10. The SMILES string of the molecule is CC(C)Sc1ccc(COC(=O)c2c(Br)c3ccccc3n2C)cc1. The van der Waals surface area contributed by atoms with E-state index in [1.807, 2.05) is 59.8 Å². The van der Waals surface area contributed by atoms with E-state index >= 15 is 0 Å². The van der Waals surface area contributed by atoms with Crippen LogP contribution in [0.2, 0.25) is 0 Å². The molecule has 0 aliphatic rings. The van der Waals surface area contributed by atoms with Crippen molar-refractivity contribution >= 4 is 44.6 Å². The molecule has 2 aromatic carbocycles. The summed E-state index contributed by atoms with van der Waals surface area (Å²) >= 11 is 5.35. The topological polar surface area (TPSA) is 31.2 Å². The van der Waals surface area contributed by atoms with Crippen molar-refractivity contribution in [1.82, 2.24) is 4.57 Å². The normalized spacial score (nSPS) is 11.2. The molecule has 0 spiro atoms. The number of rotatable bonds is 5. The van der Waals surface area contributed by atoms with E-state index in [-0.39, 0.29) is 12.6 Å². The van der Waals surface area contributed by atoms with Crippen molar-refractivity contribution < 1.29 is 9.53 Å². The first-order valence-corrected chi connectivity index (χ1v) is 9.80. The lowest BCUT2D eigenvalue weighted by molar-refractivity contribution is 0.0461. The first-order chi connectivity index (χ1) is 12.0. The van der Waals surface area contributed by atoms with Crippen LogP contribution in [0.15, 0.2) is 57.9 Å².